The first kappa shape index (κ1) is 20.8. The van der Waals surface area contributed by atoms with E-state index in [2.05, 4.69) is 4.74 Å². The number of benzene rings is 2. The average molecular weight is 434 g/mol. The summed E-state index contributed by atoms with van der Waals surface area (Å²) in [5, 5.41) is 0. The van der Waals surface area contributed by atoms with Crippen molar-refractivity contribution in [1.29, 1.82) is 0 Å². The number of ether oxygens (including phenoxy) is 2. The molecule has 0 bridgehead atoms. The topological polar surface area (TPSA) is 69.7 Å². The summed E-state index contributed by atoms with van der Waals surface area (Å²) in [6, 6.07) is 5.85. The van der Waals surface area contributed by atoms with Gasteiger partial charge >= 0.3 is 12.3 Å². The summed E-state index contributed by atoms with van der Waals surface area (Å²) in [5.74, 6) is -4.27. The van der Waals surface area contributed by atoms with Crippen LogP contribution in [0.25, 0.3) is 11.1 Å². The third-order valence-corrected chi connectivity index (χ3v) is 5.06. The Balaban J connectivity index is 2.14. The second kappa shape index (κ2) is 7.14. The zero-order valence-electron chi connectivity index (χ0n) is 14.5. The summed E-state index contributed by atoms with van der Waals surface area (Å²) in [7, 11) is -4.19. The highest BCUT2D eigenvalue weighted by Crippen LogP contribution is 2.36. The summed E-state index contributed by atoms with van der Waals surface area (Å²) in [4.78, 5) is 11.0. The fraction of sp³-hybridized carbons (Fsp3) is 0.167. The van der Waals surface area contributed by atoms with Crippen LogP contribution in [0, 0.1) is 11.6 Å². The molecule has 0 saturated heterocycles. The van der Waals surface area contributed by atoms with Crippen molar-refractivity contribution in [1.82, 2.24) is 0 Å². The van der Waals surface area contributed by atoms with Crippen molar-refractivity contribution in [3.63, 3.8) is 0 Å². The molecule has 1 heterocycles. The smallest absolute Gasteiger partial charge is 0.457 e. The van der Waals surface area contributed by atoms with Crippen LogP contribution < -0.4 is 4.74 Å². The van der Waals surface area contributed by atoms with Crippen molar-refractivity contribution in [2.24, 2.45) is 0 Å². The lowest BCUT2D eigenvalue weighted by atomic mass is 9.96. The van der Waals surface area contributed by atoms with Crippen LogP contribution in [-0.2, 0) is 19.4 Å². The van der Waals surface area contributed by atoms with Crippen LogP contribution in [0.4, 0.5) is 22.0 Å². The molecule has 2 aromatic rings. The van der Waals surface area contributed by atoms with Gasteiger partial charge in [0.2, 0.25) is 0 Å². The maximum atomic E-state index is 14.2. The largest absolute Gasteiger partial charge is 0.573 e. The average Bonchev–Trinajstić information content (AvgIpc) is 2.93. The Morgan fingerprint density at radius 1 is 1.03 bits per heavy atom. The molecule has 0 aliphatic carbocycles. The Labute approximate surface area is 161 Å². The quantitative estimate of drug-likeness (QED) is 0.542. The third kappa shape index (κ3) is 4.39. The molecule has 0 saturated carbocycles. The van der Waals surface area contributed by atoms with Crippen molar-refractivity contribution in [3.05, 3.63) is 59.2 Å². The van der Waals surface area contributed by atoms with Crippen molar-refractivity contribution in [2.45, 2.75) is 11.3 Å². The molecule has 0 atom stereocenters. The highest BCUT2D eigenvalue weighted by molar-refractivity contribution is 7.90. The monoisotopic (exact) mass is 434 g/mol. The number of esters is 1. The van der Waals surface area contributed by atoms with E-state index in [1.807, 2.05) is 0 Å². The number of alkyl halides is 3. The fourth-order valence-electron chi connectivity index (χ4n) is 2.86. The molecule has 2 aromatic carbocycles. The fourth-order valence-corrected chi connectivity index (χ4v) is 3.69. The van der Waals surface area contributed by atoms with Crippen molar-refractivity contribution >= 4 is 27.0 Å². The van der Waals surface area contributed by atoms with Crippen LogP contribution in [0.3, 0.4) is 0 Å². The molecule has 3 rings (SSSR count). The number of rotatable bonds is 4. The highest BCUT2D eigenvalue weighted by Gasteiger charge is 2.33. The maximum absolute atomic E-state index is 14.2. The molecule has 0 unspecified atom stereocenters. The Morgan fingerprint density at radius 3 is 2.21 bits per heavy atom. The van der Waals surface area contributed by atoms with Gasteiger partial charge < -0.3 is 9.47 Å². The second-order valence-electron chi connectivity index (χ2n) is 6.05. The summed E-state index contributed by atoms with van der Waals surface area (Å²) >= 11 is 0. The van der Waals surface area contributed by atoms with Gasteiger partial charge in [-0.05, 0) is 35.4 Å². The highest BCUT2D eigenvalue weighted by atomic mass is 32.2. The van der Waals surface area contributed by atoms with Crippen LogP contribution in [0.15, 0.2) is 41.3 Å². The minimum Gasteiger partial charge on any atom is -0.457 e. The van der Waals surface area contributed by atoms with E-state index < -0.39 is 51.1 Å². The first-order valence-electron chi connectivity index (χ1n) is 7.83. The molecule has 154 valence electrons. The molecule has 1 aliphatic heterocycles. The SMILES string of the molecule is CS(=O)(=O)c1c(F)cc(C2=C(c3cccc(OC(F)(F)F)c3)C(=O)OC2)cc1F. The van der Waals surface area contributed by atoms with Crippen molar-refractivity contribution < 1.29 is 44.6 Å². The van der Waals surface area contributed by atoms with E-state index in [-0.39, 0.29) is 22.3 Å². The molecular formula is C18H11F5O5S. The van der Waals surface area contributed by atoms with Gasteiger partial charge in [-0.1, -0.05) is 12.1 Å². The van der Waals surface area contributed by atoms with Gasteiger partial charge in [-0.25, -0.2) is 22.0 Å². The van der Waals surface area contributed by atoms with Crippen LogP contribution >= 0.6 is 0 Å². The minimum absolute atomic E-state index is 0.0167. The molecule has 29 heavy (non-hydrogen) atoms. The Bertz CT molecular complexity index is 1110. The van der Waals surface area contributed by atoms with E-state index in [4.69, 9.17) is 4.74 Å². The summed E-state index contributed by atoms with van der Waals surface area (Å²) in [5.41, 5.74) is -0.451. The standard InChI is InChI=1S/C18H11F5O5S/c1-29(25,26)16-13(19)6-10(7-14(16)20)12-8-27-17(24)15(12)9-3-2-4-11(5-9)28-18(21,22)23/h2-7H,8H2,1H3. The molecule has 0 amide bonds. The molecule has 1 aliphatic rings. The van der Waals surface area contributed by atoms with Gasteiger partial charge in [0.05, 0.1) is 5.57 Å². The lowest BCUT2D eigenvalue weighted by Gasteiger charge is -2.11. The van der Waals surface area contributed by atoms with Gasteiger partial charge in [0.15, 0.2) is 9.84 Å². The maximum Gasteiger partial charge on any atom is 0.573 e. The zero-order chi connectivity index (χ0) is 21.6. The van der Waals surface area contributed by atoms with Gasteiger partial charge in [0, 0.05) is 11.8 Å². The minimum atomic E-state index is -4.96. The summed E-state index contributed by atoms with van der Waals surface area (Å²) in [6.07, 6.45) is -4.33. The van der Waals surface area contributed by atoms with Gasteiger partial charge in [0.1, 0.15) is 28.9 Å². The first-order valence-corrected chi connectivity index (χ1v) is 9.72. The Morgan fingerprint density at radius 2 is 1.66 bits per heavy atom. The van der Waals surface area contributed by atoms with Crippen molar-refractivity contribution in [2.75, 3.05) is 12.9 Å². The molecule has 0 radical (unpaired) electrons. The summed E-state index contributed by atoms with van der Waals surface area (Å²) < 4.78 is 97.5. The number of sulfone groups is 1. The van der Waals surface area contributed by atoms with Gasteiger partial charge in [-0.2, -0.15) is 0 Å². The first-order chi connectivity index (χ1) is 13.4. The number of cyclic esters (lactones) is 1. The lowest BCUT2D eigenvalue weighted by Crippen LogP contribution is -2.17. The molecule has 5 nitrogen and oxygen atoms in total. The van der Waals surface area contributed by atoms with E-state index in [1.165, 1.54) is 12.1 Å². The molecule has 0 aromatic heterocycles. The lowest BCUT2D eigenvalue weighted by molar-refractivity contribution is -0.274. The van der Waals surface area contributed by atoms with E-state index in [0.717, 1.165) is 12.1 Å². The van der Waals surface area contributed by atoms with Crippen LogP contribution in [0.1, 0.15) is 11.1 Å². The van der Waals surface area contributed by atoms with Gasteiger partial charge in [-0.15, -0.1) is 13.2 Å². The molecular weight excluding hydrogens is 423 g/mol. The van der Waals surface area contributed by atoms with Crippen LogP contribution in [-0.4, -0.2) is 33.6 Å². The predicted molar refractivity (Wildman–Crippen MR) is 90.4 cm³/mol. The van der Waals surface area contributed by atoms with Gasteiger partial charge in [-0.3, -0.25) is 0 Å². The number of hydrogen-bond donors (Lipinski definition) is 0. The second-order valence-corrected chi connectivity index (χ2v) is 8.00. The van der Waals surface area contributed by atoms with E-state index in [9.17, 15) is 35.2 Å². The number of hydrogen-bond acceptors (Lipinski definition) is 5. The Hall–Kier alpha value is -2.95. The molecule has 0 spiro atoms. The van der Waals surface area contributed by atoms with Gasteiger partial charge in [0.25, 0.3) is 0 Å². The zero-order valence-corrected chi connectivity index (χ0v) is 15.3. The molecule has 11 heteroatoms. The number of carbonyl (C=O) groups excluding carboxylic acids is 1. The van der Waals surface area contributed by atoms with Crippen LogP contribution in [0.2, 0.25) is 0 Å². The van der Waals surface area contributed by atoms with Crippen molar-refractivity contribution in [3.8, 4) is 5.75 Å². The Kier molecular flexibility index (Phi) is 5.11. The third-order valence-electron chi connectivity index (χ3n) is 3.93. The predicted octanol–water partition coefficient (Wildman–Crippen LogP) is 3.73. The normalized spacial score (nSPS) is 14.9. The number of halogens is 5. The van der Waals surface area contributed by atoms with E-state index in [1.54, 1.807) is 0 Å². The summed E-state index contributed by atoms with van der Waals surface area (Å²) in [6.45, 7) is -0.407. The van der Waals surface area contributed by atoms with Crippen LogP contribution in [0.5, 0.6) is 5.75 Å². The molecule has 0 N–H and O–H groups in total. The molecule has 0 fully saturated rings. The van der Waals surface area contributed by atoms with E-state index >= 15 is 0 Å². The number of carbonyl (C=O) groups is 1. The van der Waals surface area contributed by atoms with E-state index in [0.29, 0.717) is 18.4 Å².